The number of ether oxygens (including phenoxy) is 2. The van der Waals surface area contributed by atoms with E-state index < -0.39 is 41.3 Å². The molecule has 0 aliphatic carbocycles. The van der Waals surface area contributed by atoms with Gasteiger partial charge >= 0.3 is 11.9 Å². The fraction of sp³-hybridized carbons (Fsp3) is 0.316. The van der Waals surface area contributed by atoms with Crippen LogP contribution in [0.5, 0.6) is 0 Å². The molecule has 1 saturated heterocycles. The van der Waals surface area contributed by atoms with E-state index in [-0.39, 0.29) is 24.5 Å². The van der Waals surface area contributed by atoms with E-state index in [1.807, 2.05) is 0 Å². The fourth-order valence-electron chi connectivity index (χ4n) is 3.19. The zero-order valence-electron chi connectivity index (χ0n) is 15.8. The molecule has 0 unspecified atom stereocenters. The van der Waals surface area contributed by atoms with Crippen LogP contribution in [0.4, 0.5) is 0 Å². The number of carbonyl (C=O) groups is 5. The highest BCUT2D eigenvalue weighted by Gasteiger charge is 2.54. The van der Waals surface area contributed by atoms with E-state index in [0.717, 1.165) is 4.90 Å². The van der Waals surface area contributed by atoms with Crippen molar-refractivity contribution in [2.75, 3.05) is 12.4 Å². The highest BCUT2D eigenvalue weighted by atomic mass is 32.2. The minimum absolute atomic E-state index is 0.147. The second-order valence-corrected chi connectivity index (χ2v) is 7.56. The lowest BCUT2D eigenvalue weighted by atomic mass is 10.0. The van der Waals surface area contributed by atoms with E-state index in [4.69, 9.17) is 9.47 Å². The fourth-order valence-corrected chi connectivity index (χ4v) is 4.51. The van der Waals surface area contributed by atoms with Crippen LogP contribution in [0.25, 0.3) is 0 Å². The number of aliphatic carboxylic acids is 1. The van der Waals surface area contributed by atoms with Crippen molar-refractivity contribution in [3.63, 3.8) is 0 Å². The number of rotatable bonds is 8. The lowest BCUT2D eigenvalue weighted by Crippen LogP contribution is -2.71. The van der Waals surface area contributed by atoms with E-state index in [2.05, 4.69) is 5.32 Å². The molecule has 3 atom stereocenters. The van der Waals surface area contributed by atoms with Crippen molar-refractivity contribution in [2.24, 2.45) is 0 Å². The van der Waals surface area contributed by atoms with Gasteiger partial charge in [-0.1, -0.05) is 30.3 Å². The number of carbonyl (C=O) groups excluding carboxylic acids is 4. The Balaban J connectivity index is 1.75. The van der Waals surface area contributed by atoms with E-state index in [0.29, 0.717) is 11.1 Å². The maximum atomic E-state index is 12.7. The summed E-state index contributed by atoms with van der Waals surface area (Å²) in [6, 6.07) is 7.30. The monoisotopic (exact) mass is 434 g/mol. The van der Waals surface area contributed by atoms with E-state index in [9.17, 15) is 29.1 Å². The van der Waals surface area contributed by atoms with Gasteiger partial charge in [0.05, 0.1) is 0 Å². The summed E-state index contributed by atoms with van der Waals surface area (Å²) in [5.74, 6) is -2.99. The van der Waals surface area contributed by atoms with Crippen LogP contribution in [0.15, 0.2) is 41.6 Å². The quantitative estimate of drug-likeness (QED) is 0.334. The molecule has 2 heterocycles. The van der Waals surface area contributed by atoms with E-state index in [1.54, 1.807) is 30.3 Å². The van der Waals surface area contributed by atoms with Crippen molar-refractivity contribution >= 4 is 42.0 Å². The van der Waals surface area contributed by atoms with E-state index in [1.165, 1.54) is 18.7 Å². The van der Waals surface area contributed by atoms with Gasteiger partial charge in [0.15, 0.2) is 0 Å². The number of hydrogen-bond donors (Lipinski definition) is 2. The summed E-state index contributed by atoms with van der Waals surface area (Å²) in [4.78, 5) is 59.9. The molecule has 11 heteroatoms. The summed E-state index contributed by atoms with van der Waals surface area (Å²) in [6.45, 7) is 1.11. The Morgan fingerprint density at radius 2 is 2.03 bits per heavy atom. The Labute approximate surface area is 175 Å². The summed E-state index contributed by atoms with van der Waals surface area (Å²) >= 11 is 1.24. The van der Waals surface area contributed by atoms with Crippen LogP contribution in [0.2, 0.25) is 0 Å². The molecule has 0 radical (unpaired) electrons. The van der Waals surface area contributed by atoms with Gasteiger partial charge in [-0.3, -0.25) is 24.1 Å². The molecule has 158 valence electrons. The van der Waals surface area contributed by atoms with Crippen molar-refractivity contribution < 1.29 is 38.6 Å². The molecule has 0 saturated carbocycles. The zero-order valence-corrected chi connectivity index (χ0v) is 16.6. The Kier molecular flexibility index (Phi) is 6.40. The van der Waals surface area contributed by atoms with Crippen molar-refractivity contribution in [1.29, 1.82) is 0 Å². The topological polar surface area (TPSA) is 139 Å². The Bertz CT molecular complexity index is 916. The summed E-state index contributed by atoms with van der Waals surface area (Å²) in [5.41, 5.74) is 0.472. The molecule has 2 aliphatic heterocycles. The van der Waals surface area contributed by atoms with Crippen molar-refractivity contribution in [2.45, 2.75) is 24.4 Å². The van der Waals surface area contributed by atoms with Crippen molar-refractivity contribution in [3.8, 4) is 0 Å². The predicted molar refractivity (Wildman–Crippen MR) is 103 cm³/mol. The average molecular weight is 434 g/mol. The van der Waals surface area contributed by atoms with Crippen LogP contribution < -0.4 is 5.32 Å². The maximum Gasteiger partial charge on any atom is 0.352 e. The molecular weight excluding hydrogens is 416 g/mol. The SMILES string of the molecule is CC(=O)OCC1=C(C(=O)O)N2C(=O)[C@@H](NC(=O)[C@H](OC=O)c3ccccc3)[C@H]2SC1. The van der Waals surface area contributed by atoms with Gasteiger partial charge in [0.2, 0.25) is 6.10 Å². The summed E-state index contributed by atoms with van der Waals surface area (Å²) < 4.78 is 9.76. The van der Waals surface area contributed by atoms with Crippen LogP contribution >= 0.6 is 11.8 Å². The first-order valence-electron chi connectivity index (χ1n) is 8.83. The molecule has 3 rings (SSSR count). The lowest BCUT2D eigenvalue weighted by Gasteiger charge is -2.49. The molecule has 0 spiro atoms. The van der Waals surface area contributed by atoms with Gasteiger partial charge in [0, 0.05) is 23.8 Å². The van der Waals surface area contributed by atoms with Gasteiger partial charge in [-0.2, -0.15) is 0 Å². The summed E-state index contributed by atoms with van der Waals surface area (Å²) in [6.07, 6.45) is -1.24. The Morgan fingerprint density at radius 1 is 1.33 bits per heavy atom. The molecule has 2 aliphatic rings. The number of thioether (sulfide) groups is 1. The van der Waals surface area contributed by atoms with Gasteiger partial charge in [0.1, 0.15) is 23.7 Å². The van der Waals surface area contributed by atoms with Crippen molar-refractivity contribution in [1.82, 2.24) is 10.2 Å². The number of benzene rings is 1. The Morgan fingerprint density at radius 3 is 2.63 bits per heavy atom. The van der Waals surface area contributed by atoms with Gasteiger partial charge in [-0.15, -0.1) is 11.8 Å². The van der Waals surface area contributed by atoms with Gasteiger partial charge in [0.25, 0.3) is 18.3 Å². The first kappa shape index (κ1) is 21.4. The first-order valence-corrected chi connectivity index (χ1v) is 9.87. The number of nitrogens with zero attached hydrogens (tertiary/aromatic N) is 1. The number of nitrogens with one attached hydrogen (secondary N) is 1. The third-order valence-electron chi connectivity index (χ3n) is 4.53. The number of carboxylic acids is 1. The second kappa shape index (κ2) is 8.99. The molecule has 1 aromatic carbocycles. The number of fused-ring (bicyclic) bond motifs is 1. The van der Waals surface area contributed by atoms with Crippen LogP contribution in [-0.4, -0.2) is 64.0 Å². The zero-order chi connectivity index (χ0) is 21.8. The molecule has 30 heavy (non-hydrogen) atoms. The maximum absolute atomic E-state index is 12.7. The van der Waals surface area contributed by atoms with Crippen molar-refractivity contribution in [3.05, 3.63) is 47.2 Å². The average Bonchev–Trinajstić information content (AvgIpc) is 2.73. The molecule has 1 fully saturated rings. The first-order chi connectivity index (χ1) is 14.3. The number of carboxylic acid groups (broad SMARTS) is 1. The smallest absolute Gasteiger partial charge is 0.352 e. The minimum atomic E-state index is -1.33. The molecule has 2 N–H and O–H groups in total. The van der Waals surface area contributed by atoms with Gasteiger partial charge in [-0.05, 0) is 0 Å². The van der Waals surface area contributed by atoms with E-state index >= 15 is 0 Å². The third kappa shape index (κ3) is 4.15. The number of amides is 2. The van der Waals surface area contributed by atoms with Crippen LogP contribution in [-0.2, 0) is 33.4 Å². The Hall–Kier alpha value is -3.34. The highest BCUT2D eigenvalue weighted by molar-refractivity contribution is 8.00. The molecule has 1 aromatic rings. The number of hydrogen-bond acceptors (Lipinski definition) is 8. The molecule has 0 bridgehead atoms. The van der Waals surface area contributed by atoms with Gasteiger partial charge < -0.3 is 19.9 Å². The largest absolute Gasteiger partial charge is 0.477 e. The van der Waals surface area contributed by atoms with Crippen LogP contribution in [0.1, 0.15) is 18.6 Å². The summed E-state index contributed by atoms with van der Waals surface area (Å²) in [5, 5.41) is 11.4. The number of β-lactam (4-membered cyclic amide) rings is 1. The predicted octanol–water partition coefficient (Wildman–Crippen LogP) is 0.202. The molecule has 0 aromatic heterocycles. The van der Waals surface area contributed by atoms with Gasteiger partial charge in [-0.25, -0.2) is 4.79 Å². The third-order valence-corrected chi connectivity index (χ3v) is 5.87. The van der Waals surface area contributed by atoms with Crippen LogP contribution in [0, 0.1) is 0 Å². The summed E-state index contributed by atoms with van der Waals surface area (Å²) in [7, 11) is 0. The minimum Gasteiger partial charge on any atom is -0.477 e. The van der Waals surface area contributed by atoms with Crippen LogP contribution in [0.3, 0.4) is 0 Å². The standard InChI is InChI=1S/C19H18N2O8S/c1-10(23)28-7-12-8-30-18-13(17(25)21(18)14(12)19(26)27)20-16(24)15(29-9-22)11-5-3-2-4-6-11/h2-6,9,13,15,18H,7-8H2,1H3,(H,20,24)(H,26,27)/t13-,15-,18-/m1/s1. The normalized spacial score (nSPS) is 21.1. The molecule has 2 amide bonds. The lowest BCUT2D eigenvalue weighted by molar-refractivity contribution is -0.154. The highest BCUT2D eigenvalue weighted by Crippen LogP contribution is 2.40. The molecule has 10 nitrogen and oxygen atoms in total. The second-order valence-electron chi connectivity index (χ2n) is 6.46. The molecular formula is C19H18N2O8S. The number of esters is 1.